The lowest BCUT2D eigenvalue weighted by atomic mass is 10.1. The summed E-state index contributed by atoms with van der Waals surface area (Å²) in [4.78, 5) is 6.31. The van der Waals surface area contributed by atoms with Crippen molar-refractivity contribution in [2.75, 3.05) is 20.1 Å². The van der Waals surface area contributed by atoms with Crippen molar-refractivity contribution < 1.29 is 23.0 Å². The first-order chi connectivity index (χ1) is 13.2. The van der Waals surface area contributed by atoms with Crippen LogP contribution in [0.5, 0.6) is 5.75 Å². The molecule has 0 aliphatic rings. The molecule has 29 heavy (non-hydrogen) atoms. The number of nitrogens with zero attached hydrogens (tertiary/aromatic N) is 4. The lowest BCUT2D eigenvalue weighted by Crippen LogP contribution is -2.38. The third kappa shape index (κ3) is 8.48. The average molecular weight is 527 g/mol. The molecule has 0 radical (unpaired) electrons. The summed E-state index contributed by atoms with van der Waals surface area (Å²) in [7, 11) is 3.70. The molecular weight excluding hydrogens is 502 g/mol. The molecule has 1 atom stereocenters. The van der Waals surface area contributed by atoms with E-state index in [9.17, 15) is 18.3 Å². The number of halogens is 4. The molecule has 7 nitrogen and oxygen atoms in total. The van der Waals surface area contributed by atoms with Gasteiger partial charge in [-0.05, 0) is 24.6 Å². The summed E-state index contributed by atoms with van der Waals surface area (Å²) in [5, 5.41) is 17.6. The molecule has 11 heteroatoms. The van der Waals surface area contributed by atoms with Gasteiger partial charge in [-0.15, -0.1) is 37.1 Å². The minimum absolute atomic E-state index is 0. The fourth-order valence-corrected chi connectivity index (χ4v) is 2.54. The van der Waals surface area contributed by atoms with E-state index in [4.69, 9.17) is 0 Å². The SMILES string of the molecule is CCNC(=NCC(O)c1ccc(OC(F)(F)F)cc1)N(C)Cc1cnn(C)c1.I. The third-order valence-electron chi connectivity index (χ3n) is 3.79. The summed E-state index contributed by atoms with van der Waals surface area (Å²) in [5.74, 6) is 0.263. The highest BCUT2D eigenvalue weighted by atomic mass is 127. The van der Waals surface area contributed by atoms with Crippen molar-refractivity contribution in [3.63, 3.8) is 0 Å². The number of nitrogens with one attached hydrogen (secondary N) is 1. The Labute approximate surface area is 184 Å². The number of benzene rings is 1. The molecule has 1 unspecified atom stereocenters. The van der Waals surface area contributed by atoms with E-state index in [1.54, 1.807) is 10.9 Å². The van der Waals surface area contributed by atoms with Gasteiger partial charge in [-0.1, -0.05) is 12.1 Å². The standard InChI is InChI=1S/C18H24F3N5O2.HI/c1-4-22-17(25(2)11-13-9-24-26(3)12-13)23-10-16(27)14-5-7-15(8-6-14)28-18(19,20)21;/h5-9,12,16,27H,4,10-11H2,1-3H3,(H,22,23);1H. The van der Waals surface area contributed by atoms with Gasteiger partial charge in [0.25, 0.3) is 0 Å². The van der Waals surface area contributed by atoms with Crippen molar-refractivity contribution in [3.8, 4) is 5.75 Å². The smallest absolute Gasteiger partial charge is 0.406 e. The second-order valence-electron chi connectivity index (χ2n) is 6.21. The Kier molecular flexibility index (Phi) is 9.70. The topological polar surface area (TPSA) is 74.9 Å². The Bertz CT molecular complexity index is 781. The Morgan fingerprint density at radius 2 is 2.00 bits per heavy atom. The predicted octanol–water partition coefficient (Wildman–Crippen LogP) is 3.07. The van der Waals surface area contributed by atoms with Crippen LogP contribution < -0.4 is 10.1 Å². The lowest BCUT2D eigenvalue weighted by molar-refractivity contribution is -0.274. The number of aliphatic hydroxyl groups is 1. The van der Waals surface area contributed by atoms with E-state index in [1.165, 1.54) is 12.1 Å². The Morgan fingerprint density at radius 3 is 2.52 bits per heavy atom. The zero-order chi connectivity index (χ0) is 20.7. The van der Waals surface area contributed by atoms with Gasteiger partial charge in [-0.2, -0.15) is 5.10 Å². The summed E-state index contributed by atoms with van der Waals surface area (Å²) in [6, 6.07) is 5.09. The summed E-state index contributed by atoms with van der Waals surface area (Å²) in [6.07, 6.45) is -2.04. The van der Waals surface area contributed by atoms with E-state index < -0.39 is 12.5 Å². The van der Waals surface area contributed by atoms with Crippen LogP contribution in [0.15, 0.2) is 41.7 Å². The number of hydrogen-bond donors (Lipinski definition) is 2. The van der Waals surface area contributed by atoms with Gasteiger partial charge in [0.15, 0.2) is 5.96 Å². The fraction of sp³-hybridized carbons (Fsp3) is 0.444. The number of hydrogen-bond acceptors (Lipinski definition) is 4. The minimum Gasteiger partial charge on any atom is -0.406 e. The van der Waals surface area contributed by atoms with Crippen molar-refractivity contribution >= 4 is 29.9 Å². The van der Waals surface area contributed by atoms with Crippen molar-refractivity contribution in [2.24, 2.45) is 12.0 Å². The molecule has 162 valence electrons. The lowest BCUT2D eigenvalue weighted by Gasteiger charge is -2.22. The highest BCUT2D eigenvalue weighted by molar-refractivity contribution is 14.0. The minimum atomic E-state index is -4.75. The molecule has 1 heterocycles. The molecule has 0 aliphatic heterocycles. The molecule has 0 bridgehead atoms. The molecule has 1 aromatic heterocycles. The van der Waals surface area contributed by atoms with Gasteiger partial charge in [-0.3, -0.25) is 9.67 Å². The van der Waals surface area contributed by atoms with Crippen LogP contribution in [0, 0.1) is 0 Å². The Balaban J connectivity index is 0.00000420. The number of rotatable bonds is 7. The number of alkyl halides is 3. The molecule has 0 saturated heterocycles. The van der Waals surface area contributed by atoms with Gasteiger partial charge in [0.2, 0.25) is 0 Å². The van der Waals surface area contributed by atoms with Crippen LogP contribution in [-0.4, -0.2) is 52.2 Å². The molecule has 2 aromatic rings. The quantitative estimate of drug-likeness (QED) is 0.329. The summed E-state index contributed by atoms with van der Waals surface area (Å²) < 4.78 is 42.2. The van der Waals surface area contributed by atoms with Crippen LogP contribution in [0.25, 0.3) is 0 Å². The molecule has 0 spiro atoms. The first kappa shape index (κ1) is 25.0. The van der Waals surface area contributed by atoms with Gasteiger partial charge in [0.05, 0.1) is 18.8 Å². The number of aliphatic imine (C=N–C) groups is 1. The number of guanidine groups is 1. The maximum absolute atomic E-state index is 12.2. The molecule has 0 saturated carbocycles. The third-order valence-corrected chi connectivity index (χ3v) is 3.79. The van der Waals surface area contributed by atoms with E-state index in [0.717, 1.165) is 17.7 Å². The second-order valence-corrected chi connectivity index (χ2v) is 6.21. The monoisotopic (exact) mass is 527 g/mol. The number of aryl methyl sites for hydroxylation is 1. The summed E-state index contributed by atoms with van der Waals surface area (Å²) in [6.45, 7) is 3.22. The highest BCUT2D eigenvalue weighted by Crippen LogP contribution is 2.24. The molecule has 2 rings (SSSR count). The largest absolute Gasteiger partial charge is 0.573 e. The van der Waals surface area contributed by atoms with Gasteiger partial charge in [0, 0.05) is 38.9 Å². The van der Waals surface area contributed by atoms with E-state index in [1.807, 2.05) is 32.1 Å². The van der Waals surface area contributed by atoms with Crippen LogP contribution in [0.2, 0.25) is 0 Å². The maximum Gasteiger partial charge on any atom is 0.573 e. The van der Waals surface area contributed by atoms with Crippen LogP contribution >= 0.6 is 24.0 Å². The summed E-state index contributed by atoms with van der Waals surface area (Å²) >= 11 is 0. The number of aromatic nitrogens is 2. The van der Waals surface area contributed by atoms with Crippen LogP contribution in [0.3, 0.4) is 0 Å². The Morgan fingerprint density at radius 1 is 1.34 bits per heavy atom. The molecule has 0 aliphatic carbocycles. The van der Waals surface area contributed by atoms with Gasteiger partial charge < -0.3 is 20.1 Å². The number of aliphatic hydroxyl groups excluding tert-OH is 1. The summed E-state index contributed by atoms with van der Waals surface area (Å²) in [5.41, 5.74) is 1.46. The first-order valence-corrected chi connectivity index (χ1v) is 8.68. The molecule has 1 aromatic carbocycles. The normalized spacial score (nSPS) is 12.9. The van der Waals surface area contributed by atoms with E-state index in [2.05, 4.69) is 20.1 Å². The Hall–Kier alpha value is -2.02. The van der Waals surface area contributed by atoms with Crippen LogP contribution in [0.1, 0.15) is 24.2 Å². The van der Waals surface area contributed by atoms with E-state index in [0.29, 0.717) is 24.6 Å². The van der Waals surface area contributed by atoms with Gasteiger partial charge >= 0.3 is 6.36 Å². The number of ether oxygens (including phenoxy) is 1. The van der Waals surface area contributed by atoms with Gasteiger partial charge in [0.1, 0.15) is 5.75 Å². The maximum atomic E-state index is 12.2. The van der Waals surface area contributed by atoms with Crippen molar-refractivity contribution in [1.29, 1.82) is 0 Å². The molecular formula is C18H25F3IN5O2. The van der Waals surface area contributed by atoms with Gasteiger partial charge in [-0.25, -0.2) is 0 Å². The second kappa shape index (κ2) is 11.2. The van der Waals surface area contributed by atoms with E-state index in [-0.39, 0.29) is 36.3 Å². The zero-order valence-corrected chi connectivity index (χ0v) is 18.7. The molecule has 0 amide bonds. The first-order valence-electron chi connectivity index (χ1n) is 8.68. The van der Waals surface area contributed by atoms with Crippen molar-refractivity contribution in [3.05, 3.63) is 47.8 Å². The zero-order valence-electron chi connectivity index (χ0n) is 16.3. The predicted molar refractivity (Wildman–Crippen MR) is 114 cm³/mol. The van der Waals surface area contributed by atoms with Crippen LogP contribution in [0.4, 0.5) is 13.2 Å². The van der Waals surface area contributed by atoms with Crippen molar-refractivity contribution in [1.82, 2.24) is 20.0 Å². The fourth-order valence-electron chi connectivity index (χ4n) is 2.54. The van der Waals surface area contributed by atoms with Crippen LogP contribution in [-0.2, 0) is 13.6 Å². The van der Waals surface area contributed by atoms with E-state index >= 15 is 0 Å². The highest BCUT2D eigenvalue weighted by Gasteiger charge is 2.31. The van der Waals surface area contributed by atoms with Crippen molar-refractivity contribution in [2.45, 2.75) is 25.9 Å². The molecule has 0 fully saturated rings. The molecule has 2 N–H and O–H groups in total. The average Bonchev–Trinajstić information content (AvgIpc) is 3.02.